The summed E-state index contributed by atoms with van der Waals surface area (Å²) in [6, 6.07) is 5.98. The molecule has 0 aliphatic heterocycles. The molecule has 0 saturated carbocycles. The Balaban J connectivity index is 2.64. The second kappa shape index (κ2) is 4.40. The van der Waals surface area contributed by atoms with E-state index in [9.17, 15) is 17.6 Å². The summed E-state index contributed by atoms with van der Waals surface area (Å²) in [4.78, 5) is 3.84. The molecule has 0 fully saturated rings. The maximum atomic E-state index is 13.1. The lowest BCUT2D eigenvalue weighted by molar-refractivity contribution is -0.137. The number of benzene rings is 1. The molecule has 2 aromatic rings. The summed E-state index contributed by atoms with van der Waals surface area (Å²) in [7, 11) is 0. The molecular formula is C13H9F4N. The Morgan fingerprint density at radius 3 is 2.44 bits per heavy atom. The summed E-state index contributed by atoms with van der Waals surface area (Å²) in [6.07, 6.45) is -3.37. The van der Waals surface area contributed by atoms with Crippen LogP contribution in [0.2, 0.25) is 0 Å². The summed E-state index contributed by atoms with van der Waals surface area (Å²) in [6.45, 7) is 1.48. The summed E-state index contributed by atoms with van der Waals surface area (Å²) < 4.78 is 51.7. The first kappa shape index (κ1) is 12.5. The van der Waals surface area contributed by atoms with Crippen molar-refractivity contribution in [1.29, 1.82) is 0 Å². The molecule has 0 aliphatic carbocycles. The molecule has 94 valence electrons. The first-order chi connectivity index (χ1) is 8.38. The van der Waals surface area contributed by atoms with Gasteiger partial charge in [-0.05, 0) is 30.7 Å². The number of nitrogens with zero attached hydrogens (tertiary/aromatic N) is 1. The number of aromatic nitrogens is 1. The summed E-state index contributed by atoms with van der Waals surface area (Å²) in [5.74, 6) is -0.582. The molecule has 0 unspecified atom stereocenters. The predicted octanol–water partition coefficient (Wildman–Crippen LogP) is 4.21. The van der Waals surface area contributed by atoms with Crippen LogP contribution in [0, 0.1) is 12.7 Å². The molecule has 0 amide bonds. The average Bonchev–Trinajstić information content (AvgIpc) is 2.27. The predicted molar refractivity (Wildman–Crippen MR) is 59.4 cm³/mol. The van der Waals surface area contributed by atoms with Crippen molar-refractivity contribution in [3.05, 3.63) is 53.6 Å². The average molecular weight is 255 g/mol. The molecule has 1 aromatic carbocycles. The Morgan fingerprint density at radius 2 is 1.83 bits per heavy atom. The van der Waals surface area contributed by atoms with Gasteiger partial charge in [0.25, 0.3) is 0 Å². The van der Waals surface area contributed by atoms with Crippen LogP contribution in [-0.2, 0) is 6.18 Å². The zero-order valence-electron chi connectivity index (χ0n) is 9.42. The molecule has 0 aliphatic rings. The van der Waals surface area contributed by atoms with E-state index < -0.39 is 17.6 Å². The third kappa shape index (κ3) is 2.50. The molecule has 0 atom stereocenters. The van der Waals surface area contributed by atoms with Crippen molar-refractivity contribution in [3.63, 3.8) is 0 Å². The van der Waals surface area contributed by atoms with Crippen LogP contribution in [0.5, 0.6) is 0 Å². The van der Waals surface area contributed by atoms with Gasteiger partial charge in [-0.3, -0.25) is 4.98 Å². The number of hydrogen-bond donors (Lipinski definition) is 0. The number of rotatable bonds is 1. The highest BCUT2D eigenvalue weighted by Gasteiger charge is 2.34. The number of pyridine rings is 1. The number of hydrogen-bond acceptors (Lipinski definition) is 1. The molecule has 0 saturated heterocycles. The molecule has 2 rings (SSSR count). The maximum absolute atomic E-state index is 13.1. The molecule has 0 N–H and O–H groups in total. The molecule has 1 aromatic heterocycles. The fourth-order valence-electron chi connectivity index (χ4n) is 1.68. The lowest BCUT2D eigenvalue weighted by Gasteiger charge is -2.13. The van der Waals surface area contributed by atoms with E-state index in [1.807, 2.05) is 0 Å². The van der Waals surface area contributed by atoms with Crippen LogP contribution in [0.25, 0.3) is 11.1 Å². The zero-order chi connectivity index (χ0) is 13.3. The quantitative estimate of drug-likeness (QED) is 0.695. The Kier molecular flexibility index (Phi) is 3.07. The van der Waals surface area contributed by atoms with Crippen molar-refractivity contribution in [2.24, 2.45) is 0 Å². The minimum Gasteiger partial charge on any atom is -0.261 e. The van der Waals surface area contributed by atoms with E-state index in [-0.39, 0.29) is 16.8 Å². The Hall–Kier alpha value is -1.91. The van der Waals surface area contributed by atoms with Gasteiger partial charge in [0.2, 0.25) is 0 Å². The number of alkyl halides is 3. The normalized spacial score (nSPS) is 11.6. The van der Waals surface area contributed by atoms with Crippen LogP contribution in [0.15, 0.2) is 36.5 Å². The summed E-state index contributed by atoms with van der Waals surface area (Å²) in [5.41, 5.74) is -0.495. The number of aryl methyl sites for hydroxylation is 1. The fourth-order valence-corrected chi connectivity index (χ4v) is 1.68. The van der Waals surface area contributed by atoms with Crippen LogP contribution in [0.1, 0.15) is 11.3 Å². The van der Waals surface area contributed by atoms with Crippen molar-refractivity contribution in [1.82, 2.24) is 4.98 Å². The first-order valence-corrected chi connectivity index (χ1v) is 5.18. The van der Waals surface area contributed by atoms with Gasteiger partial charge >= 0.3 is 6.18 Å². The van der Waals surface area contributed by atoms with Gasteiger partial charge in [-0.25, -0.2) is 4.39 Å². The summed E-state index contributed by atoms with van der Waals surface area (Å²) in [5, 5.41) is 0. The van der Waals surface area contributed by atoms with Gasteiger partial charge < -0.3 is 0 Å². The van der Waals surface area contributed by atoms with E-state index in [0.717, 1.165) is 18.3 Å². The molecule has 18 heavy (non-hydrogen) atoms. The van der Waals surface area contributed by atoms with Gasteiger partial charge in [0, 0.05) is 17.5 Å². The third-order valence-electron chi connectivity index (χ3n) is 2.48. The van der Waals surface area contributed by atoms with Gasteiger partial charge in [-0.1, -0.05) is 12.1 Å². The van der Waals surface area contributed by atoms with Crippen molar-refractivity contribution in [2.45, 2.75) is 13.1 Å². The van der Waals surface area contributed by atoms with Gasteiger partial charge in [0.15, 0.2) is 0 Å². The van der Waals surface area contributed by atoms with Gasteiger partial charge in [0.05, 0.1) is 5.56 Å². The zero-order valence-corrected chi connectivity index (χ0v) is 9.42. The van der Waals surface area contributed by atoms with Gasteiger partial charge in [-0.15, -0.1) is 0 Å². The minimum atomic E-state index is -4.49. The molecule has 0 spiro atoms. The summed E-state index contributed by atoms with van der Waals surface area (Å²) >= 11 is 0. The van der Waals surface area contributed by atoms with Crippen LogP contribution < -0.4 is 0 Å². The highest BCUT2D eigenvalue weighted by Crippen LogP contribution is 2.37. The largest absolute Gasteiger partial charge is 0.417 e. The van der Waals surface area contributed by atoms with E-state index >= 15 is 0 Å². The third-order valence-corrected chi connectivity index (χ3v) is 2.48. The van der Waals surface area contributed by atoms with E-state index in [0.29, 0.717) is 0 Å². The smallest absolute Gasteiger partial charge is 0.261 e. The molecule has 0 radical (unpaired) electrons. The highest BCUT2D eigenvalue weighted by molar-refractivity contribution is 5.67. The lowest BCUT2D eigenvalue weighted by Crippen LogP contribution is -2.08. The van der Waals surface area contributed by atoms with Crippen molar-refractivity contribution in [3.8, 4) is 11.1 Å². The second-order valence-electron chi connectivity index (χ2n) is 3.88. The van der Waals surface area contributed by atoms with Crippen molar-refractivity contribution in [2.75, 3.05) is 0 Å². The topological polar surface area (TPSA) is 12.9 Å². The van der Waals surface area contributed by atoms with E-state index in [4.69, 9.17) is 0 Å². The van der Waals surface area contributed by atoms with Crippen LogP contribution in [0.4, 0.5) is 17.6 Å². The Labute approximate surface area is 101 Å². The van der Waals surface area contributed by atoms with E-state index in [2.05, 4.69) is 4.98 Å². The van der Waals surface area contributed by atoms with Gasteiger partial charge in [0.1, 0.15) is 5.82 Å². The molecule has 0 bridgehead atoms. The standard InChI is InChI=1S/C13H9F4N/c1-8-5-12(13(15,16)17)11(7-18-8)9-3-2-4-10(14)6-9/h2-7H,1H3. The SMILES string of the molecule is Cc1cc(C(F)(F)F)c(-c2cccc(F)c2)cn1. The van der Waals surface area contributed by atoms with Crippen LogP contribution >= 0.6 is 0 Å². The van der Waals surface area contributed by atoms with Crippen molar-refractivity contribution < 1.29 is 17.6 Å². The Bertz CT molecular complexity index is 575. The molecule has 5 heteroatoms. The lowest BCUT2D eigenvalue weighted by atomic mass is 10.0. The second-order valence-corrected chi connectivity index (χ2v) is 3.88. The number of halogens is 4. The van der Waals surface area contributed by atoms with Crippen LogP contribution in [-0.4, -0.2) is 4.98 Å². The fraction of sp³-hybridized carbons (Fsp3) is 0.154. The first-order valence-electron chi connectivity index (χ1n) is 5.18. The van der Waals surface area contributed by atoms with E-state index in [1.165, 1.54) is 25.1 Å². The van der Waals surface area contributed by atoms with Crippen LogP contribution in [0.3, 0.4) is 0 Å². The molecular weight excluding hydrogens is 246 g/mol. The van der Waals surface area contributed by atoms with E-state index in [1.54, 1.807) is 0 Å². The maximum Gasteiger partial charge on any atom is 0.417 e. The molecule has 1 nitrogen and oxygen atoms in total. The highest BCUT2D eigenvalue weighted by atomic mass is 19.4. The van der Waals surface area contributed by atoms with Crippen molar-refractivity contribution >= 4 is 0 Å². The minimum absolute atomic E-state index is 0.118. The Morgan fingerprint density at radius 1 is 1.11 bits per heavy atom. The molecule has 1 heterocycles. The monoisotopic (exact) mass is 255 g/mol. The van der Waals surface area contributed by atoms with Gasteiger partial charge in [-0.2, -0.15) is 13.2 Å².